The van der Waals surface area contributed by atoms with Gasteiger partial charge in [-0.15, -0.1) is 0 Å². The molecule has 2 heterocycles. The van der Waals surface area contributed by atoms with E-state index < -0.39 is 10.0 Å². The van der Waals surface area contributed by atoms with Crippen molar-refractivity contribution in [3.05, 3.63) is 42.1 Å². The van der Waals surface area contributed by atoms with Gasteiger partial charge in [-0.3, -0.25) is 9.52 Å². The molecule has 1 fully saturated rings. The van der Waals surface area contributed by atoms with Gasteiger partial charge in [0.25, 0.3) is 10.0 Å². The number of nitrogens with one attached hydrogen (secondary N) is 3. The molecular weight excluding hydrogens is 364 g/mol. The molecule has 142 valence electrons. The highest BCUT2D eigenvalue weighted by Gasteiger charge is 2.22. The molecule has 1 aromatic heterocycles. The van der Waals surface area contributed by atoms with Gasteiger partial charge in [-0.05, 0) is 48.7 Å². The minimum Gasteiger partial charge on any atom is -0.367 e. The second-order valence-corrected chi connectivity index (χ2v) is 8.74. The molecule has 1 aromatic carbocycles. The number of hydrogen-bond donors (Lipinski definition) is 3. The summed E-state index contributed by atoms with van der Waals surface area (Å²) < 4.78 is 27.8. The first-order chi connectivity index (χ1) is 13.0. The number of carbonyl (C=O) groups excluding carboxylic acids is 1. The fraction of sp³-hybridized carbons (Fsp3) is 0.368. The molecule has 0 atom stereocenters. The molecule has 1 amide bonds. The zero-order valence-corrected chi connectivity index (χ0v) is 15.7. The van der Waals surface area contributed by atoms with Crippen molar-refractivity contribution in [3.63, 3.8) is 0 Å². The van der Waals surface area contributed by atoms with Crippen LogP contribution in [0.2, 0.25) is 0 Å². The van der Waals surface area contributed by atoms with E-state index in [9.17, 15) is 13.2 Å². The Morgan fingerprint density at radius 1 is 1.07 bits per heavy atom. The third kappa shape index (κ3) is 4.05. The first kappa shape index (κ1) is 17.8. The summed E-state index contributed by atoms with van der Waals surface area (Å²) >= 11 is 0. The molecule has 2 aliphatic rings. The fourth-order valence-corrected chi connectivity index (χ4v) is 4.68. The van der Waals surface area contributed by atoms with Gasteiger partial charge in [0, 0.05) is 11.7 Å². The van der Waals surface area contributed by atoms with Gasteiger partial charge in [0.1, 0.15) is 5.82 Å². The number of amides is 1. The number of benzene rings is 1. The van der Waals surface area contributed by atoms with Crippen LogP contribution >= 0.6 is 0 Å². The van der Waals surface area contributed by atoms with Crippen LogP contribution in [0.3, 0.4) is 0 Å². The number of rotatable bonds is 5. The zero-order chi connectivity index (χ0) is 18.9. The van der Waals surface area contributed by atoms with Gasteiger partial charge >= 0.3 is 0 Å². The molecule has 3 N–H and O–H groups in total. The molecule has 4 rings (SSSR count). The smallest absolute Gasteiger partial charge is 0.261 e. The van der Waals surface area contributed by atoms with Gasteiger partial charge in [-0.2, -0.15) is 0 Å². The van der Waals surface area contributed by atoms with E-state index >= 15 is 0 Å². The number of sulfonamides is 1. The van der Waals surface area contributed by atoms with E-state index in [0.29, 0.717) is 23.0 Å². The van der Waals surface area contributed by atoms with Crippen molar-refractivity contribution in [1.82, 2.24) is 4.98 Å². The standard InChI is InChI=1S/C19H22N4O3S/c24-19-11-13-10-16(7-8-17(13)22-19)27(25,26)23-15-6-9-18(20-12-15)21-14-4-2-1-3-5-14/h6-10,12,14,23H,1-5,11H2,(H,20,21)(H,22,24). The fourth-order valence-electron chi connectivity index (χ4n) is 3.58. The maximum atomic E-state index is 12.6. The number of pyridine rings is 1. The number of fused-ring (bicyclic) bond motifs is 1. The van der Waals surface area contributed by atoms with Gasteiger partial charge in [0.2, 0.25) is 5.91 Å². The number of nitrogens with zero attached hydrogens (tertiary/aromatic N) is 1. The molecule has 27 heavy (non-hydrogen) atoms. The van der Waals surface area contributed by atoms with Crippen LogP contribution in [0.5, 0.6) is 0 Å². The molecule has 7 nitrogen and oxygen atoms in total. The summed E-state index contributed by atoms with van der Waals surface area (Å²) in [4.78, 5) is 15.9. The van der Waals surface area contributed by atoms with E-state index in [1.807, 2.05) is 0 Å². The molecule has 0 spiro atoms. The first-order valence-electron chi connectivity index (χ1n) is 9.18. The van der Waals surface area contributed by atoms with E-state index in [1.165, 1.54) is 37.6 Å². The van der Waals surface area contributed by atoms with Crippen molar-refractivity contribution in [2.24, 2.45) is 0 Å². The molecule has 1 aliphatic carbocycles. The molecular formula is C19H22N4O3S. The van der Waals surface area contributed by atoms with E-state index in [4.69, 9.17) is 0 Å². The highest BCUT2D eigenvalue weighted by molar-refractivity contribution is 7.92. The Kier molecular flexibility index (Phi) is 4.73. The SMILES string of the molecule is O=C1Cc2cc(S(=O)(=O)Nc3ccc(NC4CCCCC4)nc3)ccc2N1. The van der Waals surface area contributed by atoms with Gasteiger partial charge in [-0.25, -0.2) is 13.4 Å². The maximum Gasteiger partial charge on any atom is 0.261 e. The van der Waals surface area contributed by atoms with E-state index in [1.54, 1.807) is 18.2 Å². The third-order valence-electron chi connectivity index (χ3n) is 4.98. The molecule has 0 bridgehead atoms. The second-order valence-electron chi connectivity index (χ2n) is 7.06. The predicted octanol–water partition coefficient (Wildman–Crippen LogP) is 3.12. The van der Waals surface area contributed by atoms with Gasteiger partial charge in [0.15, 0.2) is 0 Å². The topological polar surface area (TPSA) is 100 Å². The summed E-state index contributed by atoms with van der Waals surface area (Å²) in [5.74, 6) is 0.629. The zero-order valence-electron chi connectivity index (χ0n) is 14.9. The lowest BCUT2D eigenvalue weighted by atomic mass is 9.95. The average molecular weight is 386 g/mol. The lowest BCUT2D eigenvalue weighted by Crippen LogP contribution is -2.22. The Bertz CT molecular complexity index is 951. The molecule has 0 radical (unpaired) electrons. The quantitative estimate of drug-likeness (QED) is 0.733. The summed E-state index contributed by atoms with van der Waals surface area (Å²) in [6.45, 7) is 0. The van der Waals surface area contributed by atoms with Crippen molar-refractivity contribution >= 4 is 33.1 Å². The Hall–Kier alpha value is -2.61. The van der Waals surface area contributed by atoms with Crippen LogP contribution in [-0.4, -0.2) is 25.4 Å². The largest absolute Gasteiger partial charge is 0.367 e. The number of aromatic nitrogens is 1. The average Bonchev–Trinajstić information content (AvgIpc) is 3.03. The molecule has 0 unspecified atom stereocenters. The summed E-state index contributed by atoms with van der Waals surface area (Å²) in [6.07, 6.45) is 7.76. The predicted molar refractivity (Wildman–Crippen MR) is 104 cm³/mol. The minimum atomic E-state index is -3.74. The van der Waals surface area contributed by atoms with Crippen molar-refractivity contribution in [3.8, 4) is 0 Å². The van der Waals surface area contributed by atoms with Crippen molar-refractivity contribution < 1.29 is 13.2 Å². The van der Waals surface area contributed by atoms with Crippen LogP contribution in [-0.2, 0) is 21.2 Å². The van der Waals surface area contributed by atoms with Crippen LogP contribution in [0.4, 0.5) is 17.2 Å². The third-order valence-corrected chi connectivity index (χ3v) is 6.36. The lowest BCUT2D eigenvalue weighted by molar-refractivity contribution is -0.115. The molecule has 1 saturated carbocycles. The summed E-state index contributed by atoms with van der Waals surface area (Å²) in [5.41, 5.74) is 1.76. The normalized spacial score (nSPS) is 17.3. The number of carbonyl (C=O) groups is 1. The molecule has 0 saturated heterocycles. The highest BCUT2D eigenvalue weighted by Crippen LogP contribution is 2.27. The first-order valence-corrected chi connectivity index (χ1v) is 10.7. The van der Waals surface area contributed by atoms with E-state index in [-0.39, 0.29) is 17.2 Å². The number of anilines is 3. The van der Waals surface area contributed by atoms with Gasteiger partial charge in [0.05, 0.1) is 23.2 Å². The summed E-state index contributed by atoms with van der Waals surface area (Å²) in [7, 11) is -3.74. The van der Waals surface area contributed by atoms with Gasteiger partial charge < -0.3 is 10.6 Å². The second kappa shape index (κ2) is 7.19. The van der Waals surface area contributed by atoms with Crippen LogP contribution in [0.15, 0.2) is 41.4 Å². The Labute approximate surface area is 158 Å². The summed E-state index contributed by atoms with van der Waals surface area (Å²) in [5, 5.41) is 6.10. The summed E-state index contributed by atoms with van der Waals surface area (Å²) in [6, 6.07) is 8.56. The van der Waals surface area contributed by atoms with E-state index in [2.05, 4.69) is 20.3 Å². The van der Waals surface area contributed by atoms with Crippen LogP contribution in [0, 0.1) is 0 Å². The Morgan fingerprint density at radius 3 is 2.63 bits per heavy atom. The van der Waals surface area contributed by atoms with Crippen molar-refractivity contribution in [1.29, 1.82) is 0 Å². The number of hydrogen-bond acceptors (Lipinski definition) is 5. The molecule has 1 aliphatic heterocycles. The Morgan fingerprint density at radius 2 is 1.89 bits per heavy atom. The van der Waals surface area contributed by atoms with Crippen molar-refractivity contribution in [2.75, 3.05) is 15.4 Å². The molecule has 8 heteroatoms. The van der Waals surface area contributed by atoms with E-state index in [0.717, 1.165) is 18.7 Å². The van der Waals surface area contributed by atoms with Crippen LogP contribution < -0.4 is 15.4 Å². The lowest BCUT2D eigenvalue weighted by Gasteiger charge is -2.23. The van der Waals surface area contributed by atoms with Crippen molar-refractivity contribution in [2.45, 2.75) is 49.5 Å². The van der Waals surface area contributed by atoms with Crippen LogP contribution in [0.1, 0.15) is 37.7 Å². The minimum absolute atomic E-state index is 0.127. The van der Waals surface area contributed by atoms with Gasteiger partial charge in [-0.1, -0.05) is 19.3 Å². The molecule has 2 aromatic rings. The maximum absolute atomic E-state index is 12.6. The van der Waals surface area contributed by atoms with Crippen LogP contribution in [0.25, 0.3) is 0 Å². The monoisotopic (exact) mass is 386 g/mol. The Balaban J connectivity index is 1.45. The highest BCUT2D eigenvalue weighted by atomic mass is 32.2.